The van der Waals surface area contributed by atoms with Crippen LogP contribution in [-0.2, 0) is 35.6 Å². The van der Waals surface area contributed by atoms with Crippen molar-refractivity contribution < 1.29 is 9.53 Å². The van der Waals surface area contributed by atoms with Crippen LogP contribution in [0.15, 0.2) is 24.3 Å². The van der Waals surface area contributed by atoms with Crippen LogP contribution in [0.25, 0.3) is 0 Å². The van der Waals surface area contributed by atoms with Crippen LogP contribution < -0.4 is 5.32 Å². The highest BCUT2D eigenvalue weighted by Crippen LogP contribution is 2.15. The summed E-state index contributed by atoms with van der Waals surface area (Å²) in [7, 11) is 0. The second-order valence-electron chi connectivity index (χ2n) is 7.83. The highest BCUT2D eigenvalue weighted by atomic mass is 32.1. The molecule has 2 heterocycles. The summed E-state index contributed by atoms with van der Waals surface area (Å²) in [5.41, 5.74) is 2.35. The second-order valence-corrected chi connectivity index (χ2v) is 8.21. The normalized spacial score (nSPS) is 20.0. The molecular weight excluding hydrogens is 386 g/mol. The van der Waals surface area contributed by atoms with Gasteiger partial charge in [0.05, 0.1) is 12.2 Å². The van der Waals surface area contributed by atoms with Gasteiger partial charge < -0.3 is 10.1 Å². The van der Waals surface area contributed by atoms with Crippen LogP contribution in [-0.4, -0.2) is 50.9 Å². The average molecular weight is 418 g/mol. The summed E-state index contributed by atoms with van der Waals surface area (Å²) in [6.45, 7) is 9.84. The first-order chi connectivity index (χ1) is 13.9. The van der Waals surface area contributed by atoms with E-state index in [0.29, 0.717) is 11.3 Å². The lowest BCUT2D eigenvalue weighted by molar-refractivity contribution is -0.121. The smallest absolute Gasteiger partial charge is 0.240 e. The molecule has 1 aromatic carbocycles. The lowest BCUT2D eigenvalue weighted by Gasteiger charge is -2.35. The molecule has 1 aromatic heterocycles. The van der Waals surface area contributed by atoms with Crippen LogP contribution >= 0.6 is 12.2 Å². The minimum absolute atomic E-state index is 0.0692. The van der Waals surface area contributed by atoms with Crippen molar-refractivity contribution >= 4 is 18.1 Å². The maximum Gasteiger partial charge on any atom is 0.240 e. The Labute approximate surface area is 177 Å². The van der Waals surface area contributed by atoms with E-state index in [2.05, 4.69) is 65.5 Å². The fourth-order valence-corrected chi connectivity index (χ4v) is 3.98. The maximum absolute atomic E-state index is 12.3. The van der Waals surface area contributed by atoms with Gasteiger partial charge in [-0.3, -0.25) is 19.4 Å². The Hall–Kier alpha value is -2.03. The number of amides is 1. The number of aromatic nitrogens is 3. The van der Waals surface area contributed by atoms with Crippen molar-refractivity contribution in [3.05, 3.63) is 46.0 Å². The summed E-state index contributed by atoms with van der Waals surface area (Å²) in [5.74, 6) is 0.754. The largest absolute Gasteiger partial charge is 0.373 e. The number of hydrogen-bond donors (Lipinski definition) is 2. The van der Waals surface area contributed by atoms with Gasteiger partial charge in [0.2, 0.25) is 5.91 Å². The van der Waals surface area contributed by atoms with Crippen molar-refractivity contribution in [3.63, 3.8) is 0 Å². The van der Waals surface area contributed by atoms with Gasteiger partial charge in [0.25, 0.3) is 0 Å². The summed E-state index contributed by atoms with van der Waals surface area (Å²) in [6.07, 6.45) is 2.29. The van der Waals surface area contributed by atoms with Gasteiger partial charge in [0, 0.05) is 32.6 Å². The van der Waals surface area contributed by atoms with Crippen molar-refractivity contribution in [3.8, 4) is 0 Å². The quantitative estimate of drug-likeness (QED) is 0.646. The van der Waals surface area contributed by atoms with E-state index in [1.54, 1.807) is 4.57 Å². The topological polar surface area (TPSA) is 75.2 Å². The monoisotopic (exact) mass is 417 g/mol. The number of aromatic amines is 1. The van der Waals surface area contributed by atoms with Crippen molar-refractivity contribution in [2.75, 3.05) is 13.1 Å². The zero-order chi connectivity index (χ0) is 20.8. The Kier molecular flexibility index (Phi) is 7.57. The van der Waals surface area contributed by atoms with E-state index in [4.69, 9.17) is 17.0 Å². The van der Waals surface area contributed by atoms with Gasteiger partial charge in [0.1, 0.15) is 12.4 Å². The first-order valence-electron chi connectivity index (χ1n) is 10.3. The van der Waals surface area contributed by atoms with E-state index < -0.39 is 0 Å². The predicted octanol–water partition coefficient (Wildman–Crippen LogP) is 2.82. The molecule has 158 valence electrons. The van der Waals surface area contributed by atoms with Gasteiger partial charge in [-0.1, -0.05) is 31.2 Å². The van der Waals surface area contributed by atoms with Gasteiger partial charge in [-0.2, -0.15) is 5.10 Å². The van der Waals surface area contributed by atoms with Gasteiger partial charge in [-0.05, 0) is 43.6 Å². The molecule has 3 rings (SSSR count). The molecule has 0 bridgehead atoms. The third kappa shape index (κ3) is 6.22. The SMILES string of the molecule is CCCc1n[nH]c(=S)n1CC(=O)NCc1ccc(CN2C[C@H](C)O[C@@H](C)C2)cc1. The van der Waals surface area contributed by atoms with Crippen molar-refractivity contribution in [2.24, 2.45) is 0 Å². The molecule has 1 aliphatic rings. The number of carbonyl (C=O) groups excluding carboxylic acids is 1. The molecular formula is C21H31N5O2S. The van der Waals surface area contributed by atoms with Crippen LogP contribution in [0, 0.1) is 4.77 Å². The number of ether oxygens (including phenoxy) is 1. The molecule has 8 heteroatoms. The molecule has 29 heavy (non-hydrogen) atoms. The maximum atomic E-state index is 12.3. The molecule has 7 nitrogen and oxygen atoms in total. The molecule has 2 N–H and O–H groups in total. The molecule has 0 aliphatic carbocycles. The molecule has 2 atom stereocenters. The fourth-order valence-electron chi connectivity index (χ4n) is 3.76. The summed E-state index contributed by atoms with van der Waals surface area (Å²) in [6, 6.07) is 8.43. The van der Waals surface area contributed by atoms with Crippen LogP contribution in [0.1, 0.15) is 44.1 Å². The number of aryl methyl sites for hydroxylation is 1. The summed E-state index contributed by atoms with van der Waals surface area (Å²) in [5, 5.41) is 9.94. The minimum atomic E-state index is -0.0692. The van der Waals surface area contributed by atoms with Crippen LogP contribution in [0.3, 0.4) is 0 Å². The minimum Gasteiger partial charge on any atom is -0.373 e. The third-order valence-corrected chi connectivity index (χ3v) is 5.34. The van der Waals surface area contributed by atoms with E-state index in [1.807, 2.05) is 0 Å². The van der Waals surface area contributed by atoms with Crippen LogP contribution in [0.5, 0.6) is 0 Å². The molecule has 1 aliphatic heterocycles. The number of nitrogens with zero attached hydrogens (tertiary/aromatic N) is 3. The third-order valence-electron chi connectivity index (χ3n) is 5.03. The summed E-state index contributed by atoms with van der Waals surface area (Å²) in [4.78, 5) is 14.8. The number of carbonyl (C=O) groups is 1. The zero-order valence-corrected chi connectivity index (χ0v) is 18.3. The summed E-state index contributed by atoms with van der Waals surface area (Å²) < 4.78 is 8.05. The van der Waals surface area contributed by atoms with E-state index in [1.165, 1.54) is 5.56 Å². The van der Waals surface area contributed by atoms with E-state index in [-0.39, 0.29) is 24.7 Å². The number of rotatable bonds is 8. The van der Waals surface area contributed by atoms with Crippen LogP contribution in [0.4, 0.5) is 0 Å². The number of benzene rings is 1. The Morgan fingerprint density at radius 3 is 2.55 bits per heavy atom. The molecule has 0 unspecified atom stereocenters. The highest BCUT2D eigenvalue weighted by Gasteiger charge is 2.21. The average Bonchev–Trinajstić information content (AvgIpc) is 3.00. The Bertz CT molecular complexity index is 851. The predicted molar refractivity (Wildman–Crippen MR) is 115 cm³/mol. The van der Waals surface area contributed by atoms with Gasteiger partial charge >= 0.3 is 0 Å². The van der Waals surface area contributed by atoms with E-state index in [9.17, 15) is 4.79 Å². The van der Waals surface area contributed by atoms with Gasteiger partial charge in [-0.15, -0.1) is 0 Å². The standard InChI is InChI=1S/C21H31N5O2S/c1-4-5-19-23-24-21(29)26(19)14-20(27)22-10-17-6-8-18(9-7-17)13-25-11-15(2)28-16(3)12-25/h6-9,15-16H,4-5,10-14H2,1-3H3,(H,22,27)(H,24,29)/t15-,16-/m0/s1. The second kappa shape index (κ2) is 10.1. The molecule has 1 saturated heterocycles. The number of H-pyrrole nitrogens is 1. The number of morpholine rings is 1. The number of hydrogen-bond acceptors (Lipinski definition) is 5. The Balaban J connectivity index is 1.49. The summed E-state index contributed by atoms with van der Waals surface area (Å²) >= 11 is 5.23. The molecule has 2 aromatic rings. The van der Waals surface area contributed by atoms with E-state index in [0.717, 1.165) is 43.9 Å². The Morgan fingerprint density at radius 1 is 1.24 bits per heavy atom. The molecule has 1 amide bonds. The van der Waals surface area contributed by atoms with Crippen LogP contribution in [0.2, 0.25) is 0 Å². The zero-order valence-electron chi connectivity index (χ0n) is 17.5. The first kappa shape index (κ1) is 21.7. The lowest BCUT2D eigenvalue weighted by Crippen LogP contribution is -2.44. The molecule has 0 spiro atoms. The van der Waals surface area contributed by atoms with Crippen molar-refractivity contribution in [1.29, 1.82) is 0 Å². The van der Waals surface area contributed by atoms with Crippen molar-refractivity contribution in [2.45, 2.75) is 65.5 Å². The van der Waals surface area contributed by atoms with Gasteiger partial charge in [0.15, 0.2) is 4.77 Å². The molecule has 1 fully saturated rings. The first-order valence-corrected chi connectivity index (χ1v) is 10.7. The molecule has 0 saturated carbocycles. The van der Waals surface area contributed by atoms with Crippen molar-refractivity contribution in [1.82, 2.24) is 25.0 Å². The van der Waals surface area contributed by atoms with E-state index >= 15 is 0 Å². The number of nitrogens with one attached hydrogen (secondary N) is 2. The highest BCUT2D eigenvalue weighted by molar-refractivity contribution is 7.71. The van der Waals surface area contributed by atoms with Gasteiger partial charge in [-0.25, -0.2) is 0 Å². The molecule has 0 radical (unpaired) electrons. The fraction of sp³-hybridized carbons (Fsp3) is 0.571. The Morgan fingerprint density at radius 2 is 1.90 bits per heavy atom. The lowest BCUT2D eigenvalue weighted by atomic mass is 10.1.